The van der Waals surface area contributed by atoms with Crippen LogP contribution < -0.4 is 5.32 Å². The second-order valence-electron chi connectivity index (χ2n) is 6.24. The highest BCUT2D eigenvalue weighted by molar-refractivity contribution is 5.95. The van der Waals surface area contributed by atoms with Crippen molar-refractivity contribution in [2.45, 2.75) is 33.6 Å². The smallest absolute Gasteiger partial charge is 0.274 e. The molecule has 0 aliphatic carbocycles. The first-order chi connectivity index (χ1) is 12.4. The van der Waals surface area contributed by atoms with E-state index >= 15 is 0 Å². The lowest BCUT2D eigenvalue weighted by Gasteiger charge is -2.06. The van der Waals surface area contributed by atoms with Gasteiger partial charge in [-0.3, -0.25) is 14.9 Å². The second-order valence-corrected chi connectivity index (χ2v) is 6.24. The van der Waals surface area contributed by atoms with E-state index in [4.69, 9.17) is 4.52 Å². The lowest BCUT2D eigenvalue weighted by atomic mass is 10.1. The zero-order valence-electron chi connectivity index (χ0n) is 14.8. The van der Waals surface area contributed by atoms with Crippen molar-refractivity contribution in [1.29, 1.82) is 0 Å². The molecule has 26 heavy (non-hydrogen) atoms. The van der Waals surface area contributed by atoms with Crippen molar-refractivity contribution in [3.8, 4) is 0 Å². The molecule has 1 aromatic heterocycles. The van der Waals surface area contributed by atoms with E-state index in [0.29, 0.717) is 28.9 Å². The van der Waals surface area contributed by atoms with Crippen LogP contribution in [0.25, 0.3) is 11.0 Å². The molecule has 1 amide bonds. The molecule has 0 aliphatic heterocycles. The van der Waals surface area contributed by atoms with Gasteiger partial charge in [-0.05, 0) is 49.6 Å². The molecule has 3 aromatic rings. The molecule has 0 fully saturated rings. The molecule has 7 heteroatoms. The summed E-state index contributed by atoms with van der Waals surface area (Å²) in [6.07, 6.45) is 0.576. The molecule has 1 heterocycles. The van der Waals surface area contributed by atoms with Crippen molar-refractivity contribution in [2.24, 2.45) is 0 Å². The largest absolute Gasteiger partial charge is 0.356 e. The molecule has 0 spiro atoms. The van der Waals surface area contributed by atoms with E-state index in [-0.39, 0.29) is 18.0 Å². The molecule has 134 valence electrons. The third-order valence-electron chi connectivity index (χ3n) is 4.44. The molecule has 0 saturated carbocycles. The van der Waals surface area contributed by atoms with Crippen molar-refractivity contribution in [2.75, 3.05) is 5.32 Å². The summed E-state index contributed by atoms with van der Waals surface area (Å²) in [5.74, 6) is -0.308. The zero-order valence-corrected chi connectivity index (χ0v) is 14.8. The first-order valence-corrected chi connectivity index (χ1v) is 8.31. The Morgan fingerprint density at radius 2 is 1.96 bits per heavy atom. The number of amides is 1. The van der Waals surface area contributed by atoms with E-state index in [2.05, 4.69) is 10.5 Å². The number of hydrogen-bond donors (Lipinski definition) is 1. The fraction of sp³-hybridized carbons (Fsp3) is 0.263. The Bertz CT molecular complexity index is 1010. The first-order valence-electron chi connectivity index (χ1n) is 8.31. The quantitative estimate of drug-likeness (QED) is 0.550. The summed E-state index contributed by atoms with van der Waals surface area (Å²) in [6, 6.07) is 8.55. The second kappa shape index (κ2) is 6.95. The van der Waals surface area contributed by atoms with Gasteiger partial charge in [-0.1, -0.05) is 18.1 Å². The molecule has 0 radical (unpaired) electrons. The van der Waals surface area contributed by atoms with Crippen LogP contribution >= 0.6 is 0 Å². The first kappa shape index (κ1) is 17.6. The number of carbonyl (C=O) groups is 1. The molecular formula is C19H19N3O4. The van der Waals surface area contributed by atoms with E-state index in [0.717, 1.165) is 16.5 Å². The number of hydrogen-bond acceptors (Lipinski definition) is 5. The number of benzene rings is 2. The Labute approximate surface area is 150 Å². The van der Waals surface area contributed by atoms with Crippen LogP contribution in [0.15, 0.2) is 34.9 Å². The number of rotatable bonds is 5. The van der Waals surface area contributed by atoms with Crippen molar-refractivity contribution >= 4 is 28.3 Å². The van der Waals surface area contributed by atoms with E-state index < -0.39 is 4.92 Å². The lowest BCUT2D eigenvalue weighted by molar-refractivity contribution is -0.385. The summed E-state index contributed by atoms with van der Waals surface area (Å²) in [6.45, 7) is 5.82. The van der Waals surface area contributed by atoms with Gasteiger partial charge in [0.2, 0.25) is 5.91 Å². The van der Waals surface area contributed by atoms with Gasteiger partial charge < -0.3 is 9.84 Å². The third kappa shape index (κ3) is 3.42. The topological polar surface area (TPSA) is 98.3 Å². The Hall–Kier alpha value is -3.22. The van der Waals surface area contributed by atoms with Gasteiger partial charge in [0.05, 0.1) is 11.3 Å². The number of fused-ring (bicyclic) bond motifs is 1. The summed E-state index contributed by atoms with van der Waals surface area (Å²) in [7, 11) is 0. The maximum absolute atomic E-state index is 12.3. The van der Waals surface area contributed by atoms with Crippen LogP contribution in [0.3, 0.4) is 0 Å². The fourth-order valence-corrected chi connectivity index (χ4v) is 2.84. The molecule has 0 aliphatic rings. The number of anilines is 1. The molecule has 1 N–H and O–H groups in total. The van der Waals surface area contributed by atoms with Gasteiger partial charge in [0, 0.05) is 22.7 Å². The third-order valence-corrected chi connectivity index (χ3v) is 4.44. The maximum atomic E-state index is 12.3. The summed E-state index contributed by atoms with van der Waals surface area (Å²) in [5.41, 5.74) is 4.38. The minimum absolute atomic E-state index is 0.00304. The van der Waals surface area contributed by atoms with E-state index in [1.165, 1.54) is 6.07 Å². The van der Waals surface area contributed by atoms with Crippen LogP contribution in [0.2, 0.25) is 0 Å². The minimum atomic E-state index is -0.440. The Balaban J connectivity index is 1.80. The highest BCUT2D eigenvalue weighted by Gasteiger charge is 2.16. The van der Waals surface area contributed by atoms with Crippen LogP contribution in [0, 0.1) is 24.0 Å². The highest BCUT2D eigenvalue weighted by Crippen LogP contribution is 2.25. The van der Waals surface area contributed by atoms with Gasteiger partial charge in [-0.2, -0.15) is 0 Å². The maximum Gasteiger partial charge on any atom is 0.274 e. The lowest BCUT2D eigenvalue weighted by Crippen LogP contribution is -2.15. The van der Waals surface area contributed by atoms with Gasteiger partial charge in [-0.25, -0.2) is 0 Å². The summed E-state index contributed by atoms with van der Waals surface area (Å²) >= 11 is 0. The summed E-state index contributed by atoms with van der Waals surface area (Å²) in [4.78, 5) is 23.1. The minimum Gasteiger partial charge on any atom is -0.356 e. The highest BCUT2D eigenvalue weighted by atomic mass is 16.6. The predicted octanol–water partition coefficient (Wildman–Crippen LogP) is 4.10. The van der Waals surface area contributed by atoms with Gasteiger partial charge in [-0.15, -0.1) is 0 Å². The standard InChI is InChI=1S/C19H19N3O4/c1-4-13-5-6-14(9-17(13)22(24)25)20-19(23)10-16-15-7-11(2)12(3)8-18(15)26-21-16/h5-9H,4,10H2,1-3H3,(H,20,23). The SMILES string of the molecule is CCc1ccc(NC(=O)Cc2noc3cc(C)c(C)cc23)cc1[N+](=O)[O-]. The molecule has 0 atom stereocenters. The molecule has 2 aromatic carbocycles. The average Bonchev–Trinajstić information content (AvgIpc) is 2.96. The Kier molecular flexibility index (Phi) is 4.71. The number of nitro groups is 1. The average molecular weight is 353 g/mol. The molecule has 0 saturated heterocycles. The summed E-state index contributed by atoms with van der Waals surface area (Å²) in [5, 5.41) is 18.6. The van der Waals surface area contributed by atoms with Crippen LogP contribution in [0.1, 0.15) is 29.3 Å². The zero-order chi connectivity index (χ0) is 18.8. The van der Waals surface area contributed by atoms with E-state index in [9.17, 15) is 14.9 Å². The van der Waals surface area contributed by atoms with Gasteiger partial charge in [0.15, 0.2) is 5.58 Å². The number of nitro benzene ring substituents is 1. The van der Waals surface area contributed by atoms with Crippen molar-refractivity contribution < 1.29 is 14.2 Å². The number of nitrogens with one attached hydrogen (secondary N) is 1. The molecular weight excluding hydrogens is 334 g/mol. The van der Waals surface area contributed by atoms with Gasteiger partial charge in [0.1, 0.15) is 5.69 Å². The number of aryl methyl sites for hydroxylation is 3. The molecule has 0 unspecified atom stereocenters. The molecule has 3 rings (SSSR count). The van der Waals surface area contributed by atoms with E-state index in [1.807, 2.05) is 32.9 Å². The van der Waals surface area contributed by atoms with Crippen LogP contribution in [0.4, 0.5) is 11.4 Å². The summed E-state index contributed by atoms with van der Waals surface area (Å²) < 4.78 is 5.30. The van der Waals surface area contributed by atoms with Gasteiger partial charge in [0.25, 0.3) is 5.69 Å². The van der Waals surface area contributed by atoms with Gasteiger partial charge >= 0.3 is 0 Å². The van der Waals surface area contributed by atoms with Crippen molar-refractivity contribution in [3.05, 3.63) is 62.8 Å². The number of nitrogens with zero attached hydrogens (tertiary/aromatic N) is 2. The van der Waals surface area contributed by atoms with Crippen LogP contribution in [-0.2, 0) is 17.6 Å². The van der Waals surface area contributed by atoms with Crippen LogP contribution in [-0.4, -0.2) is 16.0 Å². The molecule has 7 nitrogen and oxygen atoms in total. The van der Waals surface area contributed by atoms with Crippen LogP contribution in [0.5, 0.6) is 0 Å². The predicted molar refractivity (Wildman–Crippen MR) is 98.3 cm³/mol. The Morgan fingerprint density at radius 1 is 1.23 bits per heavy atom. The fourth-order valence-electron chi connectivity index (χ4n) is 2.84. The number of carbonyl (C=O) groups excluding carboxylic acids is 1. The normalized spacial score (nSPS) is 10.9. The van der Waals surface area contributed by atoms with Crippen molar-refractivity contribution in [1.82, 2.24) is 5.16 Å². The monoisotopic (exact) mass is 353 g/mol. The molecule has 0 bridgehead atoms. The number of aromatic nitrogens is 1. The van der Waals surface area contributed by atoms with E-state index in [1.54, 1.807) is 12.1 Å². The Morgan fingerprint density at radius 3 is 2.65 bits per heavy atom. The van der Waals surface area contributed by atoms with Crippen molar-refractivity contribution in [3.63, 3.8) is 0 Å².